The minimum Gasteiger partial charge on any atom is -0.392 e. The molecule has 0 amide bonds. The molecule has 8 nitrogen and oxygen atoms in total. The van der Waals surface area contributed by atoms with Crippen LogP contribution in [0.15, 0.2) is 0 Å². The summed E-state index contributed by atoms with van der Waals surface area (Å²) < 4.78 is 31.6. The van der Waals surface area contributed by atoms with Crippen LogP contribution in [0.4, 0.5) is 0 Å². The second kappa shape index (κ2) is 6.51. The summed E-state index contributed by atoms with van der Waals surface area (Å²) in [6, 6.07) is -0.0273. The zero-order valence-electron chi connectivity index (χ0n) is 20.3. The largest absolute Gasteiger partial charge is 0.392 e. The van der Waals surface area contributed by atoms with E-state index in [-0.39, 0.29) is 42.3 Å². The van der Waals surface area contributed by atoms with Gasteiger partial charge in [-0.2, -0.15) is 0 Å². The number of methoxy groups -OCH3 is 3. The van der Waals surface area contributed by atoms with Crippen LogP contribution in [-0.2, 0) is 23.7 Å². The maximum atomic E-state index is 13.1. The molecule has 0 aromatic heterocycles. The molecule has 8 heteroatoms. The van der Waals surface area contributed by atoms with Crippen LogP contribution in [0.3, 0.4) is 0 Å². The van der Waals surface area contributed by atoms with Crippen molar-refractivity contribution in [2.45, 2.75) is 80.2 Å². The lowest BCUT2D eigenvalue weighted by atomic mass is 9.41. The molecule has 2 heterocycles. The minimum atomic E-state index is -1.12. The zero-order valence-corrected chi connectivity index (χ0v) is 20.3. The van der Waals surface area contributed by atoms with Crippen LogP contribution in [0.5, 0.6) is 0 Å². The van der Waals surface area contributed by atoms with Gasteiger partial charge in [0.05, 0.1) is 36.6 Å². The van der Waals surface area contributed by atoms with Crippen LogP contribution in [-0.4, -0.2) is 104 Å². The molecule has 2 aliphatic heterocycles. The monoisotopic (exact) mass is 465 g/mol. The number of likely N-dealkylation sites (tertiary alicyclic amines) is 1. The Kier molecular flexibility index (Phi) is 4.32. The van der Waals surface area contributed by atoms with Gasteiger partial charge in [-0.15, -0.1) is 0 Å². The molecule has 0 aromatic rings. The van der Waals surface area contributed by atoms with Crippen molar-refractivity contribution in [3.63, 3.8) is 0 Å². The van der Waals surface area contributed by atoms with Crippen LogP contribution in [0.25, 0.3) is 0 Å². The Morgan fingerprint density at radius 3 is 2.55 bits per heavy atom. The van der Waals surface area contributed by atoms with Gasteiger partial charge in [0.15, 0.2) is 0 Å². The molecule has 0 aromatic carbocycles. The Morgan fingerprint density at radius 2 is 1.85 bits per heavy atom. The van der Waals surface area contributed by atoms with E-state index in [1.54, 1.807) is 21.3 Å². The third-order valence-corrected chi connectivity index (χ3v) is 11.9. The summed E-state index contributed by atoms with van der Waals surface area (Å²) in [5.74, 6) is -0.340. The third kappa shape index (κ3) is 1.95. The van der Waals surface area contributed by atoms with Crippen molar-refractivity contribution in [1.29, 1.82) is 0 Å². The summed E-state index contributed by atoms with van der Waals surface area (Å²) in [7, 11) is 5.31. The number of fused-ring (bicyclic) bond motifs is 1. The number of hydrogen-bond donors (Lipinski definition) is 2. The van der Waals surface area contributed by atoms with Gasteiger partial charge in [-0.3, -0.25) is 4.90 Å². The highest BCUT2D eigenvalue weighted by Gasteiger charge is 2.94. The molecule has 4 unspecified atom stereocenters. The first-order valence-corrected chi connectivity index (χ1v) is 12.8. The minimum absolute atomic E-state index is 0.0273. The Morgan fingerprint density at radius 1 is 1.06 bits per heavy atom. The lowest BCUT2D eigenvalue weighted by Gasteiger charge is -2.72. The van der Waals surface area contributed by atoms with Crippen molar-refractivity contribution in [3.05, 3.63) is 0 Å². The summed E-state index contributed by atoms with van der Waals surface area (Å²) in [6.07, 6.45) is 2.93. The fourth-order valence-electron chi connectivity index (χ4n) is 11.4. The molecule has 5 saturated carbocycles. The molecule has 33 heavy (non-hydrogen) atoms. The second-order valence-electron chi connectivity index (χ2n) is 12.1. The van der Waals surface area contributed by atoms with Gasteiger partial charge in [-0.1, -0.05) is 6.92 Å². The predicted molar refractivity (Wildman–Crippen MR) is 116 cm³/mol. The molecule has 12 atom stereocenters. The third-order valence-electron chi connectivity index (χ3n) is 11.9. The van der Waals surface area contributed by atoms with Crippen LogP contribution in [0.2, 0.25) is 0 Å². The average molecular weight is 466 g/mol. The SMILES string of the molecule is CCN1C[C@]2(COC)CC[C@H](OC)C34C1C1(C[C@@H]32)OCO[C@@]12C[C@H](OC)[C@H]1C[C@]4(O)[C@@H]2C1O. The van der Waals surface area contributed by atoms with E-state index in [0.717, 1.165) is 32.4 Å². The van der Waals surface area contributed by atoms with E-state index >= 15 is 0 Å². The van der Waals surface area contributed by atoms with Crippen molar-refractivity contribution < 1.29 is 33.9 Å². The molecule has 0 radical (unpaired) electrons. The van der Waals surface area contributed by atoms with Crippen LogP contribution in [0, 0.1) is 28.6 Å². The first-order valence-electron chi connectivity index (χ1n) is 12.8. The van der Waals surface area contributed by atoms with Gasteiger partial charge in [-0.05, 0) is 38.1 Å². The number of rotatable bonds is 5. The summed E-state index contributed by atoms with van der Waals surface area (Å²) >= 11 is 0. The highest BCUT2D eigenvalue weighted by molar-refractivity contribution is 5.44. The number of piperidine rings is 1. The fraction of sp³-hybridized carbons (Fsp3) is 1.00. The normalized spacial score (nSPS) is 62.5. The predicted octanol–water partition coefficient (Wildman–Crippen LogP) is 0.781. The van der Waals surface area contributed by atoms with E-state index in [1.165, 1.54) is 0 Å². The molecule has 7 fully saturated rings. The molecular weight excluding hydrogens is 426 g/mol. The summed E-state index contributed by atoms with van der Waals surface area (Å²) in [4.78, 5) is 2.55. The zero-order chi connectivity index (χ0) is 23.0. The van der Waals surface area contributed by atoms with E-state index in [1.807, 2.05) is 0 Å². The van der Waals surface area contributed by atoms with E-state index in [4.69, 9.17) is 23.7 Å². The smallest absolute Gasteiger partial charge is 0.148 e. The Bertz CT molecular complexity index is 859. The number of aliphatic hydroxyl groups excluding tert-OH is 1. The second-order valence-corrected chi connectivity index (χ2v) is 12.1. The highest BCUT2D eigenvalue weighted by Crippen LogP contribution is 2.83. The van der Waals surface area contributed by atoms with Gasteiger partial charge in [0.2, 0.25) is 0 Å². The number of aliphatic hydroxyl groups is 2. The molecule has 2 saturated heterocycles. The number of hydrogen-bond acceptors (Lipinski definition) is 8. The lowest BCUT2D eigenvalue weighted by Crippen LogP contribution is -2.85. The van der Waals surface area contributed by atoms with Gasteiger partial charge in [0.25, 0.3) is 0 Å². The van der Waals surface area contributed by atoms with E-state index in [2.05, 4.69) is 11.8 Å². The average Bonchev–Trinajstić information content (AvgIpc) is 3.33. The Labute approximate surface area is 195 Å². The van der Waals surface area contributed by atoms with Gasteiger partial charge < -0.3 is 33.9 Å². The first-order chi connectivity index (χ1) is 15.9. The first kappa shape index (κ1) is 21.9. The quantitative estimate of drug-likeness (QED) is 0.616. The molecule has 186 valence electrons. The topological polar surface area (TPSA) is 89.9 Å². The van der Waals surface area contributed by atoms with Gasteiger partial charge in [-0.25, -0.2) is 0 Å². The molecule has 3 spiro atoms. The maximum Gasteiger partial charge on any atom is 0.148 e. The van der Waals surface area contributed by atoms with Crippen LogP contribution in [0.1, 0.15) is 39.0 Å². The summed E-state index contributed by atoms with van der Waals surface area (Å²) in [5, 5.41) is 24.8. The fourth-order valence-corrected chi connectivity index (χ4v) is 11.4. The molecule has 7 rings (SSSR count). The van der Waals surface area contributed by atoms with Crippen LogP contribution < -0.4 is 0 Å². The van der Waals surface area contributed by atoms with E-state index < -0.39 is 34.2 Å². The summed E-state index contributed by atoms with van der Waals surface area (Å²) in [5.41, 5.74) is -3.12. The molecule has 7 bridgehead atoms. The number of nitrogens with zero attached hydrogens (tertiary/aromatic N) is 1. The Balaban J connectivity index is 1.56. The molecule has 5 aliphatic carbocycles. The highest BCUT2D eigenvalue weighted by atomic mass is 16.7. The van der Waals surface area contributed by atoms with Crippen molar-refractivity contribution >= 4 is 0 Å². The maximum absolute atomic E-state index is 13.1. The van der Waals surface area contributed by atoms with Gasteiger partial charge in [0.1, 0.15) is 18.0 Å². The molecule has 2 N–H and O–H groups in total. The van der Waals surface area contributed by atoms with Gasteiger partial charge >= 0.3 is 0 Å². The Hall–Kier alpha value is -0.320. The standard InChI is InChI=1S/C25H39NO7/c1-5-26-11-21(12-29-2)7-6-17(31-4)25-16(21)10-24(20(25)26)23(32-13-33-24)9-15(30-3)14-8-22(25,28)19(23)18(14)27/h14-20,27-28H,5-13H2,1-4H3/t14-,15+,16-,17+,18?,19+,20?,21+,22+,23-,24?,25?/m1/s1. The van der Waals surface area contributed by atoms with Gasteiger partial charge in [0, 0.05) is 57.0 Å². The number of likely N-dealkylation sites (N-methyl/N-ethyl adjacent to an activating group) is 1. The van der Waals surface area contributed by atoms with E-state index in [0.29, 0.717) is 19.4 Å². The molecule has 7 aliphatic rings. The summed E-state index contributed by atoms with van der Waals surface area (Å²) in [6.45, 7) is 4.88. The lowest BCUT2D eigenvalue weighted by molar-refractivity contribution is -0.334. The number of ether oxygens (including phenoxy) is 5. The molecular formula is C25H39NO7. The van der Waals surface area contributed by atoms with Crippen molar-refractivity contribution in [3.8, 4) is 0 Å². The van der Waals surface area contributed by atoms with Crippen molar-refractivity contribution in [1.82, 2.24) is 4.90 Å². The van der Waals surface area contributed by atoms with Crippen molar-refractivity contribution in [2.24, 2.45) is 28.6 Å². The van der Waals surface area contributed by atoms with Crippen molar-refractivity contribution in [2.75, 3.05) is 47.8 Å². The van der Waals surface area contributed by atoms with Crippen LogP contribution >= 0.6 is 0 Å². The van der Waals surface area contributed by atoms with E-state index in [9.17, 15) is 10.2 Å².